The van der Waals surface area contributed by atoms with E-state index in [9.17, 15) is 13.0 Å². The summed E-state index contributed by atoms with van der Waals surface area (Å²) in [6.07, 6.45) is 14.0. The van der Waals surface area contributed by atoms with Gasteiger partial charge >= 0.3 is 0 Å². The number of hydrogen-bond donors (Lipinski definition) is 0. The Morgan fingerprint density at radius 1 is 0.667 bits per heavy atom. The Morgan fingerprint density at radius 3 is 1.62 bits per heavy atom. The van der Waals surface area contributed by atoms with E-state index in [1.54, 1.807) is 12.1 Å². The number of benzene rings is 3. The molecule has 4 nitrogen and oxygen atoms in total. The van der Waals surface area contributed by atoms with Crippen LogP contribution < -0.4 is 4.48 Å². The van der Waals surface area contributed by atoms with E-state index in [0.29, 0.717) is 6.04 Å². The molecule has 39 heavy (non-hydrogen) atoms. The highest BCUT2D eigenvalue weighted by Gasteiger charge is 2.27. The Kier molecular flexibility index (Phi) is 14.5. The SMILES string of the molecule is CC(c1ccccc1)[N+](C)(C)c1ccccc1.CCCCCCCCCCCCc1ccc(S(=O)(=O)[O-])cc1. The fourth-order valence-corrected chi connectivity index (χ4v) is 5.25. The standard InChI is InChI=1S/C18H30O3S.C16H20N/c1-2-3-4-5-6-7-8-9-10-11-12-17-13-15-18(16-14-17)22(19,20)21;1-14(15-10-6-4-7-11-15)17(2,3)16-12-8-5-9-13-16/h13-16H,2-12H2,1H3,(H,19,20,21);4-14H,1-3H3/q;+1/p-1. The lowest BCUT2D eigenvalue weighted by Gasteiger charge is -2.35. The van der Waals surface area contributed by atoms with E-state index < -0.39 is 10.1 Å². The van der Waals surface area contributed by atoms with Crippen molar-refractivity contribution in [3.8, 4) is 0 Å². The molecule has 0 saturated heterocycles. The van der Waals surface area contributed by atoms with Crippen molar-refractivity contribution in [3.05, 3.63) is 96.1 Å². The van der Waals surface area contributed by atoms with E-state index in [2.05, 4.69) is 88.6 Å². The third-order valence-electron chi connectivity index (χ3n) is 7.70. The second-order valence-electron chi connectivity index (χ2n) is 11.0. The summed E-state index contributed by atoms with van der Waals surface area (Å²) in [4.78, 5) is -0.140. The Hall–Kier alpha value is -2.47. The van der Waals surface area contributed by atoms with Gasteiger partial charge in [-0.25, -0.2) is 8.42 Å². The smallest absolute Gasteiger partial charge is 0.132 e. The number of para-hydroxylation sites is 1. The van der Waals surface area contributed by atoms with Gasteiger partial charge in [-0.15, -0.1) is 0 Å². The molecule has 3 rings (SSSR count). The molecule has 0 aromatic heterocycles. The van der Waals surface area contributed by atoms with E-state index >= 15 is 0 Å². The van der Waals surface area contributed by atoms with Gasteiger partial charge in [-0.1, -0.05) is 125 Å². The van der Waals surface area contributed by atoms with E-state index in [0.717, 1.165) is 22.9 Å². The molecule has 0 saturated carbocycles. The van der Waals surface area contributed by atoms with E-state index in [1.807, 2.05) is 0 Å². The van der Waals surface area contributed by atoms with Crippen LogP contribution >= 0.6 is 0 Å². The summed E-state index contributed by atoms with van der Waals surface area (Å²) in [7, 11) is 0.200. The van der Waals surface area contributed by atoms with Crippen molar-refractivity contribution in [2.24, 2.45) is 0 Å². The summed E-state index contributed by atoms with van der Waals surface area (Å²) in [5.74, 6) is 0. The summed E-state index contributed by atoms with van der Waals surface area (Å²) < 4.78 is 33.4. The monoisotopic (exact) mass is 551 g/mol. The highest BCUT2D eigenvalue weighted by atomic mass is 32.2. The zero-order valence-electron chi connectivity index (χ0n) is 24.5. The molecule has 0 heterocycles. The van der Waals surface area contributed by atoms with Gasteiger partial charge in [0, 0.05) is 5.56 Å². The lowest BCUT2D eigenvalue weighted by atomic mass is 10.0. The molecule has 0 N–H and O–H groups in total. The van der Waals surface area contributed by atoms with Crippen LogP contribution in [0.3, 0.4) is 0 Å². The minimum atomic E-state index is -4.31. The van der Waals surface area contributed by atoms with Crippen molar-refractivity contribution in [2.45, 2.75) is 95.4 Å². The normalized spacial score (nSPS) is 12.4. The average molecular weight is 552 g/mol. The van der Waals surface area contributed by atoms with E-state index in [1.165, 1.54) is 81.2 Å². The summed E-state index contributed by atoms with van der Waals surface area (Å²) in [5, 5.41) is 0. The van der Waals surface area contributed by atoms with Crippen molar-refractivity contribution >= 4 is 15.8 Å². The van der Waals surface area contributed by atoms with Gasteiger partial charge in [0.1, 0.15) is 21.8 Å². The fourth-order valence-electron chi connectivity index (χ4n) is 4.78. The number of hydrogen-bond acceptors (Lipinski definition) is 3. The summed E-state index contributed by atoms with van der Waals surface area (Å²) in [5.41, 5.74) is 3.82. The van der Waals surface area contributed by atoms with Crippen LogP contribution in [-0.4, -0.2) is 27.1 Å². The van der Waals surface area contributed by atoms with E-state index in [-0.39, 0.29) is 4.90 Å². The largest absolute Gasteiger partial charge is 0.744 e. The van der Waals surface area contributed by atoms with Gasteiger partial charge in [0.15, 0.2) is 0 Å². The van der Waals surface area contributed by atoms with Gasteiger partial charge in [0.2, 0.25) is 0 Å². The Labute approximate surface area is 238 Å². The number of unbranched alkanes of at least 4 members (excludes halogenated alkanes) is 9. The average Bonchev–Trinajstić information content (AvgIpc) is 2.94. The van der Waals surface area contributed by atoms with Crippen LogP contribution in [0.4, 0.5) is 5.69 Å². The van der Waals surface area contributed by atoms with Crippen LogP contribution in [0, 0.1) is 0 Å². The Balaban J connectivity index is 0.000000282. The van der Waals surface area contributed by atoms with Crippen molar-refractivity contribution in [1.29, 1.82) is 0 Å². The first-order valence-electron chi connectivity index (χ1n) is 14.6. The molecule has 1 atom stereocenters. The first-order valence-corrected chi connectivity index (χ1v) is 16.1. The quantitative estimate of drug-likeness (QED) is 0.108. The highest BCUT2D eigenvalue weighted by Crippen LogP contribution is 2.31. The van der Waals surface area contributed by atoms with E-state index in [4.69, 9.17) is 0 Å². The lowest BCUT2D eigenvalue weighted by Crippen LogP contribution is -2.42. The molecule has 0 spiro atoms. The second kappa shape index (κ2) is 17.3. The number of nitrogens with zero attached hydrogens (tertiary/aromatic N) is 1. The van der Waals surface area contributed by atoms with Gasteiger partial charge in [0.25, 0.3) is 0 Å². The number of quaternary nitrogens is 1. The number of rotatable bonds is 15. The number of aryl methyl sites for hydroxylation is 1. The molecule has 0 bridgehead atoms. The fraction of sp³-hybridized carbons (Fsp3) is 0.471. The molecule has 0 aliphatic carbocycles. The first-order chi connectivity index (χ1) is 18.7. The van der Waals surface area contributed by atoms with Gasteiger partial charge < -0.3 is 4.55 Å². The second-order valence-corrected chi connectivity index (χ2v) is 12.4. The molecule has 0 fully saturated rings. The van der Waals surface area contributed by atoms with Gasteiger partial charge in [0.05, 0.1) is 19.0 Å². The first kappa shape index (κ1) is 32.7. The molecular formula is C34H49NO3S. The Bertz CT molecular complexity index is 1140. The topological polar surface area (TPSA) is 57.2 Å². The molecule has 0 aliphatic heterocycles. The van der Waals surface area contributed by atoms with Crippen LogP contribution in [-0.2, 0) is 16.5 Å². The predicted molar refractivity (Wildman–Crippen MR) is 165 cm³/mol. The summed E-state index contributed by atoms with van der Waals surface area (Å²) >= 11 is 0. The predicted octanol–water partition coefficient (Wildman–Crippen LogP) is 9.07. The van der Waals surface area contributed by atoms with Crippen LogP contribution in [0.2, 0.25) is 0 Å². The molecule has 3 aromatic carbocycles. The van der Waals surface area contributed by atoms with Crippen molar-refractivity contribution in [1.82, 2.24) is 4.48 Å². The maximum absolute atomic E-state index is 10.8. The van der Waals surface area contributed by atoms with Crippen LogP contribution in [0.15, 0.2) is 89.8 Å². The van der Waals surface area contributed by atoms with Crippen LogP contribution in [0.25, 0.3) is 0 Å². The lowest BCUT2D eigenvalue weighted by molar-refractivity contribution is 0.316. The molecular weight excluding hydrogens is 502 g/mol. The maximum atomic E-state index is 10.8. The van der Waals surface area contributed by atoms with Crippen molar-refractivity contribution in [3.63, 3.8) is 0 Å². The molecule has 0 aliphatic rings. The minimum absolute atomic E-state index is 0.140. The molecule has 0 radical (unpaired) electrons. The van der Waals surface area contributed by atoms with Crippen LogP contribution in [0.5, 0.6) is 0 Å². The van der Waals surface area contributed by atoms with Crippen molar-refractivity contribution < 1.29 is 13.0 Å². The molecule has 3 aromatic rings. The molecule has 214 valence electrons. The minimum Gasteiger partial charge on any atom is -0.744 e. The molecule has 1 unspecified atom stereocenters. The summed E-state index contributed by atoms with van der Waals surface area (Å²) in [6.45, 7) is 4.52. The van der Waals surface area contributed by atoms with Crippen LogP contribution in [0.1, 0.15) is 95.2 Å². The summed E-state index contributed by atoms with van der Waals surface area (Å²) in [6, 6.07) is 28.1. The zero-order valence-corrected chi connectivity index (χ0v) is 25.3. The van der Waals surface area contributed by atoms with Gasteiger partial charge in [-0.3, -0.25) is 4.48 Å². The highest BCUT2D eigenvalue weighted by molar-refractivity contribution is 7.85. The van der Waals surface area contributed by atoms with Gasteiger partial charge in [-0.2, -0.15) is 0 Å². The van der Waals surface area contributed by atoms with Crippen molar-refractivity contribution in [2.75, 3.05) is 14.1 Å². The third kappa shape index (κ3) is 12.1. The zero-order chi connectivity index (χ0) is 28.6. The molecule has 0 amide bonds. The third-order valence-corrected chi connectivity index (χ3v) is 8.55. The van der Waals surface area contributed by atoms with Gasteiger partial charge in [-0.05, 0) is 49.6 Å². The maximum Gasteiger partial charge on any atom is 0.132 e. The Morgan fingerprint density at radius 2 is 1.13 bits per heavy atom. The molecule has 5 heteroatoms.